The minimum absolute atomic E-state index is 0.0163. The van der Waals surface area contributed by atoms with E-state index in [0.717, 1.165) is 0 Å². The Morgan fingerprint density at radius 1 is 1.33 bits per heavy atom. The zero-order chi connectivity index (χ0) is 12.0. The summed E-state index contributed by atoms with van der Waals surface area (Å²) < 4.78 is 5.37. The second-order valence-corrected chi connectivity index (χ2v) is 4.45. The Morgan fingerprint density at radius 2 is 1.87 bits per heavy atom. The average Bonchev–Trinajstić information content (AvgIpc) is 2.14. The molecule has 0 bridgehead atoms. The predicted molar refractivity (Wildman–Crippen MR) is 61.5 cm³/mol. The van der Waals surface area contributed by atoms with E-state index >= 15 is 0 Å². The molecule has 0 aromatic rings. The van der Waals surface area contributed by atoms with Crippen LogP contribution in [0.25, 0.3) is 0 Å². The van der Waals surface area contributed by atoms with Crippen molar-refractivity contribution in [2.75, 3.05) is 20.2 Å². The Morgan fingerprint density at radius 3 is 2.27 bits per heavy atom. The van der Waals surface area contributed by atoms with Gasteiger partial charge in [0.25, 0.3) is 0 Å². The van der Waals surface area contributed by atoms with Crippen LogP contribution in [0.15, 0.2) is 0 Å². The Hall–Kier alpha value is -0.610. The molecule has 0 fully saturated rings. The van der Waals surface area contributed by atoms with E-state index in [1.54, 1.807) is 11.9 Å². The van der Waals surface area contributed by atoms with Crippen molar-refractivity contribution >= 4 is 5.91 Å². The summed E-state index contributed by atoms with van der Waals surface area (Å²) in [6, 6.07) is -0.408. The highest BCUT2D eigenvalue weighted by molar-refractivity contribution is 5.81. The summed E-state index contributed by atoms with van der Waals surface area (Å²) in [5, 5.41) is 0. The van der Waals surface area contributed by atoms with E-state index in [1.165, 1.54) is 0 Å². The largest absolute Gasteiger partial charge is 0.377 e. The Labute approximate surface area is 92.8 Å². The molecule has 0 spiro atoms. The topological polar surface area (TPSA) is 55.6 Å². The van der Waals surface area contributed by atoms with E-state index in [2.05, 4.69) is 0 Å². The van der Waals surface area contributed by atoms with Crippen molar-refractivity contribution in [3.05, 3.63) is 0 Å². The summed E-state index contributed by atoms with van der Waals surface area (Å²) in [6.45, 7) is 8.99. The molecule has 2 N–H and O–H groups in total. The first-order chi connectivity index (χ1) is 6.86. The fourth-order valence-electron chi connectivity index (χ4n) is 1.08. The molecule has 0 aliphatic heterocycles. The lowest BCUT2D eigenvalue weighted by Gasteiger charge is -2.23. The fraction of sp³-hybridized carbons (Fsp3) is 0.909. The standard InChI is InChI=1S/C11H24N2O2/c1-8(2)10(12)11(14)13(5)6-7-15-9(3)4/h8-10H,6-7,12H2,1-5H3. The molecule has 90 valence electrons. The summed E-state index contributed by atoms with van der Waals surface area (Å²) in [5.41, 5.74) is 5.76. The predicted octanol–water partition coefficient (Wildman–Crippen LogP) is 0.853. The molecule has 1 unspecified atom stereocenters. The van der Waals surface area contributed by atoms with E-state index in [0.29, 0.717) is 13.2 Å². The second kappa shape index (κ2) is 6.80. The first-order valence-electron chi connectivity index (χ1n) is 5.48. The van der Waals surface area contributed by atoms with E-state index in [4.69, 9.17) is 10.5 Å². The van der Waals surface area contributed by atoms with Gasteiger partial charge in [-0.05, 0) is 19.8 Å². The van der Waals surface area contributed by atoms with Gasteiger partial charge in [0.05, 0.1) is 18.8 Å². The average molecular weight is 216 g/mol. The highest BCUT2D eigenvalue weighted by Crippen LogP contribution is 2.02. The molecule has 0 aromatic carbocycles. The molecular formula is C11H24N2O2. The zero-order valence-corrected chi connectivity index (χ0v) is 10.5. The molecular weight excluding hydrogens is 192 g/mol. The van der Waals surface area contributed by atoms with Crippen LogP contribution in [0.4, 0.5) is 0 Å². The van der Waals surface area contributed by atoms with Crippen molar-refractivity contribution in [1.82, 2.24) is 4.90 Å². The third kappa shape index (κ3) is 5.74. The van der Waals surface area contributed by atoms with Crippen LogP contribution in [0.2, 0.25) is 0 Å². The van der Waals surface area contributed by atoms with Crippen LogP contribution in [0.1, 0.15) is 27.7 Å². The number of rotatable bonds is 6. The Kier molecular flexibility index (Phi) is 6.52. The van der Waals surface area contributed by atoms with Gasteiger partial charge in [-0.25, -0.2) is 0 Å². The molecule has 0 saturated carbocycles. The smallest absolute Gasteiger partial charge is 0.239 e. The normalized spacial score (nSPS) is 13.3. The van der Waals surface area contributed by atoms with Crippen molar-refractivity contribution < 1.29 is 9.53 Å². The number of likely N-dealkylation sites (N-methyl/N-ethyl adjacent to an activating group) is 1. The van der Waals surface area contributed by atoms with Gasteiger partial charge >= 0.3 is 0 Å². The van der Waals surface area contributed by atoms with Crippen LogP contribution in [0.3, 0.4) is 0 Å². The van der Waals surface area contributed by atoms with Gasteiger partial charge in [0.2, 0.25) is 5.91 Å². The maximum Gasteiger partial charge on any atom is 0.239 e. The van der Waals surface area contributed by atoms with E-state index in [1.807, 2.05) is 27.7 Å². The van der Waals surface area contributed by atoms with Crippen LogP contribution in [0.5, 0.6) is 0 Å². The number of nitrogens with zero attached hydrogens (tertiary/aromatic N) is 1. The molecule has 1 amide bonds. The maximum atomic E-state index is 11.7. The molecule has 4 heteroatoms. The number of carbonyl (C=O) groups is 1. The number of nitrogens with two attached hydrogens (primary N) is 1. The van der Waals surface area contributed by atoms with Gasteiger partial charge in [-0.15, -0.1) is 0 Å². The molecule has 0 radical (unpaired) electrons. The van der Waals surface area contributed by atoms with Crippen molar-refractivity contribution in [2.45, 2.75) is 39.8 Å². The van der Waals surface area contributed by atoms with Crippen molar-refractivity contribution in [1.29, 1.82) is 0 Å². The lowest BCUT2D eigenvalue weighted by Crippen LogP contribution is -2.45. The van der Waals surface area contributed by atoms with E-state index < -0.39 is 6.04 Å². The van der Waals surface area contributed by atoms with Gasteiger partial charge in [-0.2, -0.15) is 0 Å². The molecule has 0 aliphatic rings. The van der Waals surface area contributed by atoms with Gasteiger partial charge in [-0.3, -0.25) is 4.79 Å². The summed E-state index contributed by atoms with van der Waals surface area (Å²) in [4.78, 5) is 13.3. The van der Waals surface area contributed by atoms with E-state index in [-0.39, 0.29) is 17.9 Å². The number of carbonyl (C=O) groups excluding carboxylic acids is 1. The van der Waals surface area contributed by atoms with Crippen molar-refractivity contribution in [2.24, 2.45) is 11.7 Å². The van der Waals surface area contributed by atoms with Gasteiger partial charge in [0, 0.05) is 13.6 Å². The zero-order valence-electron chi connectivity index (χ0n) is 10.5. The number of ether oxygens (including phenoxy) is 1. The SMILES string of the molecule is CC(C)OCCN(C)C(=O)C(N)C(C)C. The summed E-state index contributed by atoms with van der Waals surface area (Å²) >= 11 is 0. The van der Waals surface area contributed by atoms with E-state index in [9.17, 15) is 4.79 Å². The number of amides is 1. The molecule has 0 saturated heterocycles. The lowest BCUT2D eigenvalue weighted by atomic mass is 10.0. The minimum atomic E-state index is -0.408. The Balaban J connectivity index is 3.89. The van der Waals surface area contributed by atoms with Crippen LogP contribution in [-0.2, 0) is 9.53 Å². The maximum absolute atomic E-state index is 11.7. The number of hydrogen-bond acceptors (Lipinski definition) is 3. The van der Waals surface area contributed by atoms with Crippen LogP contribution in [-0.4, -0.2) is 43.2 Å². The molecule has 0 aliphatic carbocycles. The third-order valence-electron chi connectivity index (χ3n) is 2.26. The molecule has 15 heavy (non-hydrogen) atoms. The Bertz CT molecular complexity index is 193. The summed E-state index contributed by atoms with van der Waals surface area (Å²) in [6.07, 6.45) is 0.201. The van der Waals surface area contributed by atoms with Gasteiger partial charge in [-0.1, -0.05) is 13.8 Å². The molecule has 0 heterocycles. The first-order valence-corrected chi connectivity index (χ1v) is 5.48. The number of hydrogen-bond donors (Lipinski definition) is 1. The summed E-state index contributed by atoms with van der Waals surface area (Å²) in [5.74, 6) is 0.156. The van der Waals surface area contributed by atoms with Crippen LogP contribution in [0, 0.1) is 5.92 Å². The quantitative estimate of drug-likeness (QED) is 0.716. The third-order valence-corrected chi connectivity index (χ3v) is 2.26. The van der Waals surface area contributed by atoms with Crippen molar-refractivity contribution in [3.8, 4) is 0 Å². The molecule has 1 atom stereocenters. The van der Waals surface area contributed by atoms with Crippen LogP contribution < -0.4 is 5.73 Å². The first kappa shape index (κ1) is 14.4. The highest BCUT2D eigenvalue weighted by atomic mass is 16.5. The molecule has 0 aromatic heterocycles. The fourth-order valence-corrected chi connectivity index (χ4v) is 1.08. The van der Waals surface area contributed by atoms with Gasteiger partial charge in [0.1, 0.15) is 0 Å². The molecule has 0 rings (SSSR count). The van der Waals surface area contributed by atoms with Crippen molar-refractivity contribution in [3.63, 3.8) is 0 Å². The monoisotopic (exact) mass is 216 g/mol. The molecule has 4 nitrogen and oxygen atoms in total. The van der Waals surface area contributed by atoms with Gasteiger partial charge < -0.3 is 15.4 Å². The van der Waals surface area contributed by atoms with Crippen LogP contribution >= 0.6 is 0 Å². The highest BCUT2D eigenvalue weighted by Gasteiger charge is 2.20. The van der Waals surface area contributed by atoms with Gasteiger partial charge in [0.15, 0.2) is 0 Å². The lowest BCUT2D eigenvalue weighted by molar-refractivity contribution is -0.133. The minimum Gasteiger partial charge on any atom is -0.377 e. The second-order valence-electron chi connectivity index (χ2n) is 4.45. The summed E-state index contributed by atoms with van der Waals surface area (Å²) in [7, 11) is 1.76.